The number of carbonyl (C=O) groups is 1. The van der Waals surface area contributed by atoms with Crippen LogP contribution in [0.1, 0.15) is 17.3 Å². The van der Waals surface area contributed by atoms with Gasteiger partial charge in [0.2, 0.25) is 0 Å². The van der Waals surface area contributed by atoms with Gasteiger partial charge in [-0.2, -0.15) is 10.2 Å². The van der Waals surface area contributed by atoms with Crippen LogP contribution in [0, 0.1) is 0 Å². The molecule has 1 N–H and O–H groups in total. The topological polar surface area (TPSA) is 88.3 Å². The van der Waals surface area contributed by atoms with Gasteiger partial charge in [-0.3, -0.25) is 0 Å². The first-order chi connectivity index (χ1) is 8.13. The van der Waals surface area contributed by atoms with Gasteiger partial charge in [0.15, 0.2) is 17.0 Å². The predicted octanol–water partition coefficient (Wildman–Crippen LogP) is 2.13. The highest BCUT2D eigenvalue weighted by atomic mass is 32.2. The maximum Gasteiger partial charge on any atom is 0.338 e. The zero-order valence-electron chi connectivity index (χ0n) is 9.20. The Kier molecular flexibility index (Phi) is 5.44. The monoisotopic (exact) mass is 256 g/mol. The number of hydrogen-bond acceptors (Lipinski definition) is 5. The molecule has 7 heteroatoms. The second-order valence-electron chi connectivity index (χ2n) is 2.96. The first-order valence-electron chi connectivity index (χ1n) is 4.85. The van der Waals surface area contributed by atoms with E-state index in [0.29, 0.717) is 17.9 Å². The van der Waals surface area contributed by atoms with Crippen LogP contribution in [-0.4, -0.2) is 27.2 Å². The third-order valence-corrected chi connectivity index (χ3v) is 2.05. The van der Waals surface area contributed by atoms with Crippen LogP contribution in [0.5, 0.6) is 0 Å². The average Bonchev–Trinajstić information content (AvgIpc) is 2.29. The quantitative estimate of drug-likeness (QED) is 0.496. The Labute approximate surface area is 101 Å². The molecule has 0 bridgehead atoms. The molecule has 0 spiro atoms. The van der Waals surface area contributed by atoms with Gasteiger partial charge in [-0.15, -0.1) is 0 Å². The maximum atomic E-state index is 11.4. The fraction of sp³-hybridized carbons (Fsp3) is 0.300. The van der Waals surface area contributed by atoms with E-state index in [9.17, 15) is 9.00 Å². The fourth-order valence-electron chi connectivity index (χ4n) is 1.07. The normalized spacial score (nSPS) is 12.6. The summed E-state index contributed by atoms with van der Waals surface area (Å²) < 4.78 is 23.6. The number of ether oxygens (including phenoxy) is 1. The zero-order chi connectivity index (χ0) is 12.7. The predicted molar refractivity (Wildman–Crippen MR) is 62.6 cm³/mol. The van der Waals surface area contributed by atoms with E-state index in [2.05, 4.69) is 10.2 Å². The van der Waals surface area contributed by atoms with Crippen molar-refractivity contribution >= 4 is 22.7 Å². The van der Waals surface area contributed by atoms with Crippen LogP contribution < -0.4 is 0 Å². The fourth-order valence-corrected chi connectivity index (χ4v) is 1.23. The number of esters is 1. The smallest absolute Gasteiger partial charge is 0.338 e. The van der Waals surface area contributed by atoms with Crippen LogP contribution in [-0.2, 0) is 15.8 Å². The SMILES string of the molecule is CCOC(=O)c1cccc(N=NCS(=O)O)c1. The number of azo groups is 1. The second kappa shape index (κ2) is 6.87. The van der Waals surface area contributed by atoms with Crippen LogP contribution in [0.2, 0.25) is 0 Å². The number of rotatable bonds is 5. The van der Waals surface area contributed by atoms with E-state index in [1.165, 1.54) is 6.07 Å². The van der Waals surface area contributed by atoms with Crippen molar-refractivity contribution in [1.29, 1.82) is 0 Å². The van der Waals surface area contributed by atoms with E-state index < -0.39 is 17.0 Å². The molecule has 1 unspecified atom stereocenters. The van der Waals surface area contributed by atoms with Crippen molar-refractivity contribution in [2.75, 3.05) is 12.5 Å². The minimum Gasteiger partial charge on any atom is -0.462 e. The van der Waals surface area contributed by atoms with Gasteiger partial charge >= 0.3 is 5.97 Å². The van der Waals surface area contributed by atoms with Gasteiger partial charge in [-0.05, 0) is 25.1 Å². The van der Waals surface area contributed by atoms with Crippen LogP contribution in [0.25, 0.3) is 0 Å². The summed E-state index contributed by atoms with van der Waals surface area (Å²) in [5.74, 6) is -0.723. The molecule has 6 nitrogen and oxygen atoms in total. The van der Waals surface area contributed by atoms with Crippen molar-refractivity contribution in [3.63, 3.8) is 0 Å². The summed E-state index contributed by atoms with van der Waals surface area (Å²) in [6.45, 7) is 2.02. The van der Waals surface area contributed by atoms with Crippen LogP contribution in [0.3, 0.4) is 0 Å². The average molecular weight is 256 g/mol. The molecule has 17 heavy (non-hydrogen) atoms. The molecule has 0 fully saturated rings. The summed E-state index contributed by atoms with van der Waals surface area (Å²) in [7, 11) is 0. The van der Waals surface area contributed by atoms with E-state index >= 15 is 0 Å². The Morgan fingerprint density at radius 2 is 2.29 bits per heavy atom. The highest BCUT2D eigenvalue weighted by Gasteiger charge is 2.06. The third-order valence-electron chi connectivity index (χ3n) is 1.71. The van der Waals surface area contributed by atoms with Crippen molar-refractivity contribution in [3.8, 4) is 0 Å². The highest BCUT2D eigenvalue weighted by Crippen LogP contribution is 2.15. The van der Waals surface area contributed by atoms with Crippen LogP contribution in [0.4, 0.5) is 5.69 Å². The van der Waals surface area contributed by atoms with E-state index in [0.717, 1.165) is 0 Å². The van der Waals surface area contributed by atoms with E-state index in [1.807, 2.05) is 0 Å². The Balaban J connectivity index is 2.75. The Morgan fingerprint density at radius 3 is 2.94 bits per heavy atom. The van der Waals surface area contributed by atoms with Gasteiger partial charge in [-0.1, -0.05) is 6.07 Å². The standard InChI is InChI=1S/C10H12N2O4S/c1-2-16-10(13)8-4-3-5-9(6-8)12-11-7-17(14)15/h3-6H,2,7H2,1H3,(H,14,15). The molecule has 0 aliphatic carbocycles. The van der Waals surface area contributed by atoms with Crippen molar-refractivity contribution in [3.05, 3.63) is 29.8 Å². The van der Waals surface area contributed by atoms with Crippen molar-refractivity contribution in [1.82, 2.24) is 0 Å². The van der Waals surface area contributed by atoms with Gasteiger partial charge in [0.05, 0.1) is 17.9 Å². The number of carbonyl (C=O) groups excluding carboxylic acids is 1. The molecule has 1 atom stereocenters. The van der Waals surface area contributed by atoms with Gasteiger partial charge in [0, 0.05) is 0 Å². The number of hydrogen-bond donors (Lipinski definition) is 1. The third kappa shape index (κ3) is 4.83. The highest BCUT2D eigenvalue weighted by molar-refractivity contribution is 7.79. The molecule has 1 aromatic carbocycles. The lowest BCUT2D eigenvalue weighted by Gasteiger charge is -2.01. The van der Waals surface area contributed by atoms with Crippen molar-refractivity contribution in [2.45, 2.75) is 6.92 Å². The van der Waals surface area contributed by atoms with E-state index in [1.54, 1.807) is 25.1 Å². The first kappa shape index (κ1) is 13.5. The van der Waals surface area contributed by atoms with Gasteiger partial charge in [0.25, 0.3) is 0 Å². The molecule has 1 rings (SSSR count). The van der Waals surface area contributed by atoms with E-state index in [-0.39, 0.29) is 5.88 Å². The Bertz CT molecular complexity index is 448. The molecule has 0 heterocycles. The lowest BCUT2D eigenvalue weighted by Crippen LogP contribution is -2.03. The maximum absolute atomic E-state index is 11.4. The van der Waals surface area contributed by atoms with Crippen LogP contribution in [0.15, 0.2) is 34.5 Å². The molecule has 0 aliphatic heterocycles. The van der Waals surface area contributed by atoms with Crippen molar-refractivity contribution in [2.24, 2.45) is 10.2 Å². The molecule has 0 amide bonds. The second-order valence-corrected chi connectivity index (χ2v) is 3.86. The van der Waals surface area contributed by atoms with Gasteiger partial charge < -0.3 is 9.29 Å². The summed E-state index contributed by atoms with van der Waals surface area (Å²) in [6.07, 6.45) is 0. The van der Waals surface area contributed by atoms with Gasteiger partial charge in [-0.25, -0.2) is 9.00 Å². The molecular weight excluding hydrogens is 244 g/mol. The van der Waals surface area contributed by atoms with Gasteiger partial charge in [0.1, 0.15) is 0 Å². The first-order valence-corrected chi connectivity index (χ1v) is 6.13. The molecule has 0 aliphatic rings. The zero-order valence-corrected chi connectivity index (χ0v) is 10.0. The lowest BCUT2D eigenvalue weighted by atomic mass is 10.2. The largest absolute Gasteiger partial charge is 0.462 e. The molecule has 1 aromatic rings. The Morgan fingerprint density at radius 1 is 1.53 bits per heavy atom. The number of nitrogens with zero attached hydrogens (tertiary/aromatic N) is 2. The van der Waals surface area contributed by atoms with E-state index in [4.69, 9.17) is 9.29 Å². The minimum atomic E-state index is -2.01. The van der Waals surface area contributed by atoms with Crippen LogP contribution >= 0.6 is 0 Å². The molecule has 0 saturated carbocycles. The minimum absolute atomic E-state index is 0.288. The molecule has 0 saturated heterocycles. The summed E-state index contributed by atoms with van der Waals surface area (Å²) in [6, 6.07) is 6.37. The summed E-state index contributed by atoms with van der Waals surface area (Å²) in [4.78, 5) is 11.4. The molecular formula is C10H12N2O4S. The lowest BCUT2D eigenvalue weighted by molar-refractivity contribution is 0.0526. The molecule has 0 aromatic heterocycles. The Hall–Kier alpha value is -1.60. The molecule has 92 valence electrons. The summed E-state index contributed by atoms with van der Waals surface area (Å²) >= 11 is -2.01. The summed E-state index contributed by atoms with van der Waals surface area (Å²) in [5, 5.41) is 7.22. The number of benzene rings is 1. The van der Waals surface area contributed by atoms with Crippen molar-refractivity contribution < 1.29 is 18.3 Å². The summed E-state index contributed by atoms with van der Waals surface area (Å²) in [5.41, 5.74) is 0.800. The molecule has 0 radical (unpaired) electrons.